The zero-order valence-corrected chi connectivity index (χ0v) is 18.3. The number of alkyl halides is 3. The number of hydrogen-bond acceptors (Lipinski definition) is 7. The Morgan fingerprint density at radius 2 is 1.94 bits per heavy atom. The van der Waals surface area contributed by atoms with Crippen molar-refractivity contribution in [2.45, 2.75) is 41.5 Å². The Morgan fingerprint density at radius 1 is 1.15 bits per heavy atom. The van der Waals surface area contributed by atoms with Crippen LogP contribution >= 0.6 is 11.8 Å². The Labute approximate surface area is 192 Å². The van der Waals surface area contributed by atoms with E-state index in [0.717, 1.165) is 56.0 Å². The summed E-state index contributed by atoms with van der Waals surface area (Å²) < 4.78 is 42.5. The number of anilines is 1. The van der Waals surface area contributed by atoms with Crippen LogP contribution in [0.15, 0.2) is 52.8 Å². The van der Waals surface area contributed by atoms with Gasteiger partial charge in [-0.2, -0.15) is 23.5 Å². The van der Waals surface area contributed by atoms with Crippen LogP contribution in [0.2, 0.25) is 0 Å². The third-order valence-corrected chi connectivity index (χ3v) is 7.51. The van der Waals surface area contributed by atoms with Crippen LogP contribution in [0, 0.1) is 16.7 Å². The van der Waals surface area contributed by atoms with E-state index in [1.807, 2.05) is 10.7 Å². The summed E-state index contributed by atoms with van der Waals surface area (Å²) in [5.74, 6) is 0.681. The minimum atomic E-state index is -4.64. The molecule has 2 aliphatic rings. The standard InChI is InChI=1S/C22H20F3N7S/c23-22(24,25)19-14(10-26)2-1-3-16(19)33-18-12-28-17(11-29-18)31-8-5-21(6-9-31)13-32-15(20(21)27)4-7-30-32/h1-4,7,11-12,20H,5-6,8-9,13,27H2/t20-/m1/s1. The zero-order chi connectivity index (χ0) is 23.2. The number of hydrogen-bond donors (Lipinski definition) is 1. The number of fused-ring (bicyclic) bond motifs is 1. The van der Waals surface area contributed by atoms with Crippen LogP contribution in [0.4, 0.5) is 19.0 Å². The molecule has 3 aromatic rings. The Kier molecular flexibility index (Phi) is 5.29. The smallest absolute Gasteiger partial charge is 0.355 e. The first-order valence-electron chi connectivity index (χ1n) is 10.4. The molecule has 0 aliphatic carbocycles. The molecule has 11 heteroatoms. The Bertz CT molecular complexity index is 1210. The topological polar surface area (TPSA) is 96.7 Å². The van der Waals surface area contributed by atoms with Gasteiger partial charge in [0, 0.05) is 36.1 Å². The van der Waals surface area contributed by atoms with E-state index in [0.29, 0.717) is 10.8 Å². The average molecular weight is 472 g/mol. The van der Waals surface area contributed by atoms with Gasteiger partial charge in [-0.1, -0.05) is 17.8 Å². The average Bonchev–Trinajstić information content (AvgIpc) is 3.35. The van der Waals surface area contributed by atoms with Gasteiger partial charge < -0.3 is 10.6 Å². The molecule has 0 bridgehead atoms. The molecule has 0 unspecified atom stereocenters. The molecule has 1 spiro atoms. The molecule has 4 heterocycles. The summed E-state index contributed by atoms with van der Waals surface area (Å²) in [7, 11) is 0. The highest BCUT2D eigenvalue weighted by atomic mass is 32.2. The molecule has 0 saturated carbocycles. The Morgan fingerprint density at radius 3 is 2.58 bits per heavy atom. The van der Waals surface area contributed by atoms with Crippen LogP contribution in [0.3, 0.4) is 0 Å². The number of benzene rings is 1. The largest absolute Gasteiger partial charge is 0.418 e. The molecule has 0 amide bonds. The molecule has 1 atom stereocenters. The molecule has 2 aliphatic heterocycles. The zero-order valence-electron chi connectivity index (χ0n) is 17.5. The summed E-state index contributed by atoms with van der Waals surface area (Å²) in [6, 6.07) is 7.48. The Balaban J connectivity index is 1.28. The van der Waals surface area contributed by atoms with Crippen molar-refractivity contribution in [3.63, 3.8) is 0 Å². The Hall–Kier alpha value is -3.10. The molecule has 1 aromatic carbocycles. The van der Waals surface area contributed by atoms with Crippen molar-refractivity contribution in [3.05, 3.63) is 59.7 Å². The molecule has 1 fully saturated rings. The highest BCUT2D eigenvalue weighted by Gasteiger charge is 2.47. The first-order valence-corrected chi connectivity index (χ1v) is 11.2. The van der Waals surface area contributed by atoms with E-state index in [2.05, 4.69) is 20.0 Å². The molecule has 5 rings (SSSR count). The molecular formula is C22H20F3N7S. The van der Waals surface area contributed by atoms with Crippen molar-refractivity contribution in [2.24, 2.45) is 11.1 Å². The van der Waals surface area contributed by atoms with Crippen molar-refractivity contribution in [3.8, 4) is 6.07 Å². The predicted molar refractivity (Wildman–Crippen MR) is 115 cm³/mol. The van der Waals surface area contributed by atoms with Crippen LogP contribution < -0.4 is 10.6 Å². The van der Waals surface area contributed by atoms with Crippen molar-refractivity contribution < 1.29 is 13.2 Å². The monoisotopic (exact) mass is 471 g/mol. The summed E-state index contributed by atoms with van der Waals surface area (Å²) in [4.78, 5) is 10.8. The number of piperidine rings is 1. The maximum absolute atomic E-state index is 13.5. The molecule has 2 aromatic heterocycles. The summed E-state index contributed by atoms with van der Waals surface area (Å²) in [5, 5.41) is 13.8. The number of nitrogens with zero attached hydrogens (tertiary/aromatic N) is 6. The molecular weight excluding hydrogens is 451 g/mol. The van der Waals surface area contributed by atoms with Gasteiger partial charge in [0.15, 0.2) is 0 Å². The minimum absolute atomic E-state index is 0.0108. The van der Waals surface area contributed by atoms with Gasteiger partial charge in [-0.3, -0.25) is 4.68 Å². The number of nitrogens with two attached hydrogens (primary N) is 1. The van der Waals surface area contributed by atoms with Crippen molar-refractivity contribution in [1.82, 2.24) is 19.7 Å². The van der Waals surface area contributed by atoms with Gasteiger partial charge in [0.1, 0.15) is 10.8 Å². The molecule has 33 heavy (non-hydrogen) atoms. The first-order chi connectivity index (χ1) is 15.8. The second-order valence-corrected chi connectivity index (χ2v) is 9.41. The van der Waals surface area contributed by atoms with Gasteiger partial charge in [0.25, 0.3) is 0 Å². The van der Waals surface area contributed by atoms with Crippen LogP contribution in [-0.2, 0) is 12.7 Å². The van der Waals surface area contributed by atoms with Gasteiger partial charge in [0.2, 0.25) is 0 Å². The summed E-state index contributed by atoms with van der Waals surface area (Å²) in [6.07, 6.45) is 1.99. The number of aromatic nitrogens is 4. The van der Waals surface area contributed by atoms with E-state index in [4.69, 9.17) is 11.0 Å². The van der Waals surface area contributed by atoms with Gasteiger partial charge in [0.05, 0.1) is 41.3 Å². The third kappa shape index (κ3) is 3.83. The highest BCUT2D eigenvalue weighted by molar-refractivity contribution is 7.99. The molecule has 0 radical (unpaired) electrons. The molecule has 2 N–H and O–H groups in total. The number of halogens is 3. The number of rotatable bonds is 3. The van der Waals surface area contributed by atoms with Crippen molar-refractivity contribution in [2.75, 3.05) is 18.0 Å². The van der Waals surface area contributed by atoms with Gasteiger partial charge in [-0.25, -0.2) is 9.97 Å². The summed E-state index contributed by atoms with van der Waals surface area (Å²) in [6.45, 7) is 2.35. The fraction of sp³-hybridized carbons (Fsp3) is 0.364. The quantitative estimate of drug-likeness (QED) is 0.616. The SMILES string of the molecule is N#Cc1cccc(Sc2cnc(N3CCC4(CC3)Cn3nccc3[C@H]4N)cn2)c1C(F)(F)F. The van der Waals surface area contributed by atoms with E-state index in [1.54, 1.807) is 18.5 Å². The lowest BCUT2D eigenvalue weighted by molar-refractivity contribution is -0.139. The van der Waals surface area contributed by atoms with Gasteiger partial charge >= 0.3 is 6.18 Å². The van der Waals surface area contributed by atoms with Crippen LogP contribution in [0.25, 0.3) is 0 Å². The van der Waals surface area contributed by atoms with E-state index in [-0.39, 0.29) is 16.4 Å². The normalized spacial score (nSPS) is 19.5. The molecule has 170 valence electrons. The maximum atomic E-state index is 13.5. The van der Waals surface area contributed by atoms with Gasteiger partial charge in [-0.05, 0) is 31.0 Å². The van der Waals surface area contributed by atoms with E-state index < -0.39 is 17.3 Å². The fourth-order valence-corrected chi connectivity index (χ4v) is 5.65. The molecule has 1 saturated heterocycles. The second kappa shape index (κ2) is 8.04. The maximum Gasteiger partial charge on any atom is 0.418 e. The van der Waals surface area contributed by atoms with Crippen molar-refractivity contribution in [1.29, 1.82) is 5.26 Å². The number of nitriles is 1. The lowest BCUT2D eigenvalue weighted by Gasteiger charge is -2.41. The van der Waals surface area contributed by atoms with Gasteiger partial charge in [-0.15, -0.1) is 0 Å². The predicted octanol–water partition coefficient (Wildman–Crippen LogP) is 4.01. The second-order valence-electron chi connectivity index (χ2n) is 8.34. The van der Waals surface area contributed by atoms with Crippen LogP contribution in [-0.4, -0.2) is 32.8 Å². The minimum Gasteiger partial charge on any atom is -0.355 e. The van der Waals surface area contributed by atoms with Crippen LogP contribution in [0.5, 0.6) is 0 Å². The highest BCUT2D eigenvalue weighted by Crippen LogP contribution is 2.48. The van der Waals surface area contributed by atoms with Crippen molar-refractivity contribution >= 4 is 17.6 Å². The van der Waals surface area contributed by atoms with Crippen LogP contribution in [0.1, 0.15) is 35.7 Å². The lowest BCUT2D eigenvalue weighted by atomic mass is 9.73. The molecule has 7 nitrogen and oxygen atoms in total. The van der Waals surface area contributed by atoms with E-state index in [1.165, 1.54) is 18.3 Å². The van der Waals surface area contributed by atoms with E-state index >= 15 is 0 Å². The van der Waals surface area contributed by atoms with E-state index in [9.17, 15) is 13.2 Å². The fourth-order valence-electron chi connectivity index (χ4n) is 4.74. The third-order valence-electron chi connectivity index (χ3n) is 6.53. The lowest BCUT2D eigenvalue weighted by Crippen LogP contribution is -2.45. The summed E-state index contributed by atoms with van der Waals surface area (Å²) >= 11 is 0.846. The summed E-state index contributed by atoms with van der Waals surface area (Å²) in [5.41, 5.74) is 6.24. The first kappa shape index (κ1) is 21.7.